The molecular formula is C21H21IN4O2. The smallest absolute Gasteiger partial charge is 0.262 e. The molecule has 28 heavy (non-hydrogen) atoms. The van der Waals surface area contributed by atoms with Crippen molar-refractivity contribution < 1.29 is 9.53 Å². The number of ether oxygens (including phenoxy) is 1. The molecule has 2 aromatic carbocycles. The van der Waals surface area contributed by atoms with E-state index in [0.29, 0.717) is 5.75 Å². The average molecular weight is 488 g/mol. The van der Waals surface area contributed by atoms with Crippen molar-refractivity contribution in [3.8, 4) is 17.1 Å². The Labute approximate surface area is 177 Å². The van der Waals surface area contributed by atoms with Gasteiger partial charge in [-0.05, 0) is 65.8 Å². The van der Waals surface area contributed by atoms with Crippen LogP contribution in [0.3, 0.4) is 0 Å². The Hall–Kier alpha value is -2.42. The number of amides is 1. The average Bonchev–Trinajstić information content (AvgIpc) is 2.95. The van der Waals surface area contributed by atoms with Gasteiger partial charge in [-0.25, -0.2) is 0 Å². The van der Waals surface area contributed by atoms with Crippen LogP contribution in [0.4, 0.5) is 5.69 Å². The predicted molar refractivity (Wildman–Crippen MR) is 116 cm³/mol. The van der Waals surface area contributed by atoms with E-state index in [0.717, 1.165) is 52.3 Å². The molecule has 1 aliphatic heterocycles. The molecule has 1 aromatic heterocycles. The number of carbonyl (C=O) groups excluding carboxylic acids is 1. The summed E-state index contributed by atoms with van der Waals surface area (Å²) in [4.78, 5) is 12.2. The number of nitrogens with one attached hydrogen (secondary N) is 1. The lowest BCUT2D eigenvalue weighted by molar-refractivity contribution is -0.118. The third kappa shape index (κ3) is 4.52. The minimum Gasteiger partial charge on any atom is -0.484 e. The van der Waals surface area contributed by atoms with Gasteiger partial charge in [0.1, 0.15) is 11.6 Å². The lowest BCUT2D eigenvalue weighted by atomic mass is 10.2. The van der Waals surface area contributed by atoms with Crippen LogP contribution in [0.5, 0.6) is 5.75 Å². The maximum absolute atomic E-state index is 12.2. The van der Waals surface area contributed by atoms with Crippen molar-refractivity contribution in [2.45, 2.75) is 32.2 Å². The largest absolute Gasteiger partial charge is 0.484 e. The lowest BCUT2D eigenvalue weighted by Gasteiger charge is -2.10. The van der Waals surface area contributed by atoms with E-state index in [-0.39, 0.29) is 12.5 Å². The summed E-state index contributed by atoms with van der Waals surface area (Å²) in [5, 5.41) is 11.6. The van der Waals surface area contributed by atoms with E-state index in [1.807, 2.05) is 48.5 Å². The van der Waals surface area contributed by atoms with E-state index in [9.17, 15) is 4.79 Å². The summed E-state index contributed by atoms with van der Waals surface area (Å²) in [7, 11) is 0. The van der Waals surface area contributed by atoms with Gasteiger partial charge in [0.25, 0.3) is 5.91 Å². The number of rotatable bonds is 5. The molecule has 1 amide bonds. The van der Waals surface area contributed by atoms with Crippen molar-refractivity contribution in [3.05, 3.63) is 57.9 Å². The number of aromatic nitrogens is 3. The van der Waals surface area contributed by atoms with Crippen LogP contribution >= 0.6 is 22.6 Å². The summed E-state index contributed by atoms with van der Waals surface area (Å²) in [6, 6.07) is 15.3. The van der Waals surface area contributed by atoms with Crippen LogP contribution in [0.25, 0.3) is 11.4 Å². The molecule has 6 nitrogen and oxygen atoms in total. The zero-order chi connectivity index (χ0) is 19.3. The Morgan fingerprint density at radius 1 is 1.11 bits per heavy atom. The fraction of sp³-hybridized carbons (Fsp3) is 0.286. The van der Waals surface area contributed by atoms with E-state index < -0.39 is 0 Å². The molecule has 0 bridgehead atoms. The first-order valence-electron chi connectivity index (χ1n) is 9.40. The zero-order valence-corrected chi connectivity index (χ0v) is 17.6. The number of anilines is 1. The number of hydrogen-bond donors (Lipinski definition) is 1. The van der Waals surface area contributed by atoms with Crippen molar-refractivity contribution in [2.75, 3.05) is 11.9 Å². The Morgan fingerprint density at radius 3 is 2.89 bits per heavy atom. The summed E-state index contributed by atoms with van der Waals surface area (Å²) in [6.45, 7) is 0.897. The van der Waals surface area contributed by atoms with Crippen molar-refractivity contribution in [3.63, 3.8) is 0 Å². The maximum atomic E-state index is 12.2. The highest BCUT2D eigenvalue weighted by Crippen LogP contribution is 2.25. The molecule has 0 unspecified atom stereocenters. The first-order chi connectivity index (χ1) is 13.7. The van der Waals surface area contributed by atoms with Crippen molar-refractivity contribution >= 4 is 34.2 Å². The molecule has 0 spiro atoms. The van der Waals surface area contributed by atoms with E-state index in [1.54, 1.807) is 0 Å². The number of benzene rings is 2. The number of hydrogen-bond acceptors (Lipinski definition) is 4. The van der Waals surface area contributed by atoms with Crippen molar-refractivity contribution in [2.24, 2.45) is 0 Å². The van der Waals surface area contributed by atoms with Gasteiger partial charge < -0.3 is 14.6 Å². The second kappa shape index (κ2) is 8.72. The van der Waals surface area contributed by atoms with Gasteiger partial charge in [0.05, 0.1) is 0 Å². The van der Waals surface area contributed by atoms with Gasteiger partial charge in [-0.3, -0.25) is 4.79 Å². The summed E-state index contributed by atoms with van der Waals surface area (Å²) in [5.41, 5.74) is 1.72. The molecule has 0 atom stereocenters. The molecule has 0 saturated carbocycles. The van der Waals surface area contributed by atoms with Crippen LogP contribution in [-0.4, -0.2) is 27.3 Å². The monoisotopic (exact) mass is 488 g/mol. The number of fused-ring (bicyclic) bond motifs is 1. The molecule has 144 valence electrons. The SMILES string of the molecule is O=C(COc1cccc(-c2nnc3n2CCCCC3)c1)Nc1cccc(I)c1. The van der Waals surface area contributed by atoms with Gasteiger partial charge in [0.2, 0.25) is 0 Å². The minimum absolute atomic E-state index is 0.0487. The van der Waals surface area contributed by atoms with Crippen LogP contribution in [0.2, 0.25) is 0 Å². The molecule has 1 N–H and O–H groups in total. The molecule has 7 heteroatoms. The molecule has 0 fully saturated rings. The highest BCUT2D eigenvalue weighted by molar-refractivity contribution is 14.1. The van der Waals surface area contributed by atoms with Gasteiger partial charge in [0.15, 0.2) is 12.4 Å². The van der Waals surface area contributed by atoms with Crippen molar-refractivity contribution in [1.82, 2.24) is 14.8 Å². The van der Waals surface area contributed by atoms with Gasteiger partial charge in [-0.15, -0.1) is 10.2 Å². The summed E-state index contributed by atoms with van der Waals surface area (Å²) >= 11 is 2.21. The van der Waals surface area contributed by atoms with E-state index >= 15 is 0 Å². The molecule has 3 aromatic rings. The Bertz CT molecular complexity index is 986. The molecule has 2 heterocycles. The summed E-state index contributed by atoms with van der Waals surface area (Å²) < 4.78 is 8.98. The predicted octanol–water partition coefficient (Wildman–Crippen LogP) is 4.29. The number of nitrogens with zero attached hydrogens (tertiary/aromatic N) is 3. The van der Waals surface area contributed by atoms with Crippen LogP contribution in [-0.2, 0) is 17.8 Å². The topological polar surface area (TPSA) is 69.0 Å². The third-order valence-electron chi connectivity index (χ3n) is 4.68. The van der Waals surface area contributed by atoms with Crippen LogP contribution in [0.1, 0.15) is 25.1 Å². The van der Waals surface area contributed by atoms with Crippen LogP contribution in [0.15, 0.2) is 48.5 Å². The molecule has 4 rings (SSSR count). The zero-order valence-electron chi connectivity index (χ0n) is 15.4. The number of halogens is 1. The van der Waals surface area contributed by atoms with E-state index in [2.05, 4.69) is 42.7 Å². The van der Waals surface area contributed by atoms with Gasteiger partial charge in [-0.1, -0.05) is 24.6 Å². The Kier molecular flexibility index (Phi) is 5.90. The quantitative estimate of drug-likeness (QED) is 0.545. The fourth-order valence-electron chi connectivity index (χ4n) is 3.34. The van der Waals surface area contributed by atoms with Crippen LogP contribution < -0.4 is 10.1 Å². The van der Waals surface area contributed by atoms with Crippen molar-refractivity contribution in [1.29, 1.82) is 0 Å². The highest BCUT2D eigenvalue weighted by atomic mass is 127. The molecule has 1 aliphatic rings. The third-order valence-corrected chi connectivity index (χ3v) is 5.35. The van der Waals surface area contributed by atoms with E-state index in [4.69, 9.17) is 4.74 Å². The first kappa shape index (κ1) is 18.9. The van der Waals surface area contributed by atoms with E-state index in [1.165, 1.54) is 6.42 Å². The Balaban J connectivity index is 1.43. The normalized spacial score (nSPS) is 13.5. The molecule has 0 saturated heterocycles. The second-order valence-corrected chi connectivity index (χ2v) is 8.02. The second-order valence-electron chi connectivity index (χ2n) is 6.78. The van der Waals surface area contributed by atoms with Gasteiger partial charge in [0, 0.05) is 27.8 Å². The van der Waals surface area contributed by atoms with Gasteiger partial charge in [-0.2, -0.15) is 0 Å². The van der Waals surface area contributed by atoms with Gasteiger partial charge >= 0.3 is 0 Å². The summed E-state index contributed by atoms with van der Waals surface area (Å²) in [6.07, 6.45) is 4.51. The maximum Gasteiger partial charge on any atom is 0.262 e. The Morgan fingerprint density at radius 2 is 2.00 bits per heavy atom. The fourth-order valence-corrected chi connectivity index (χ4v) is 3.88. The number of aryl methyl sites for hydroxylation is 1. The first-order valence-corrected chi connectivity index (χ1v) is 10.5. The van der Waals surface area contributed by atoms with Crippen LogP contribution in [0, 0.1) is 3.57 Å². The minimum atomic E-state index is -0.191. The molecule has 0 aliphatic carbocycles. The molecule has 0 radical (unpaired) electrons. The summed E-state index contributed by atoms with van der Waals surface area (Å²) in [5.74, 6) is 2.37. The standard InChI is InChI=1S/C21H21IN4O2/c22-16-7-5-8-17(13-16)23-20(27)14-28-18-9-4-6-15(12-18)21-25-24-19-10-2-1-3-11-26(19)21/h4-9,12-13H,1-3,10-11,14H2,(H,23,27). The molecular weight excluding hydrogens is 467 g/mol. The number of carbonyl (C=O) groups is 1. The lowest BCUT2D eigenvalue weighted by Crippen LogP contribution is -2.20. The highest BCUT2D eigenvalue weighted by Gasteiger charge is 2.16.